The first-order chi connectivity index (χ1) is 12.7. The van der Waals surface area contributed by atoms with Gasteiger partial charge in [0, 0.05) is 0 Å². The Kier molecular flexibility index (Phi) is 14.9. The van der Waals surface area contributed by atoms with Crippen LogP contribution in [0.15, 0.2) is 0 Å². The van der Waals surface area contributed by atoms with Crippen molar-refractivity contribution in [3.05, 3.63) is 0 Å². The molecular formula is C24H50OSn. The Morgan fingerprint density at radius 2 is 0.962 bits per heavy atom. The molecule has 26 heavy (non-hydrogen) atoms. The van der Waals surface area contributed by atoms with Gasteiger partial charge >= 0.3 is 171 Å². The Morgan fingerprint density at radius 1 is 0.538 bits per heavy atom. The molecule has 156 valence electrons. The molecule has 0 aliphatic carbocycles. The van der Waals surface area contributed by atoms with Crippen molar-refractivity contribution in [1.29, 1.82) is 0 Å². The number of hydrogen-bond donors (Lipinski definition) is 0. The molecule has 0 aromatic carbocycles. The SMILES string of the molecule is CCCCCCCCCC[C@H]1O[C@@H]1[Sn]([CH2]CCC)([CH2]CCC)[CH2]CCC. The van der Waals surface area contributed by atoms with Crippen LogP contribution in [0, 0.1) is 0 Å². The van der Waals surface area contributed by atoms with Crippen molar-refractivity contribution in [1.82, 2.24) is 0 Å². The maximum atomic E-state index is 6.43. The minimum atomic E-state index is -2.07. The molecule has 0 N–H and O–H groups in total. The van der Waals surface area contributed by atoms with E-state index in [1.807, 2.05) is 0 Å². The number of hydrogen-bond acceptors (Lipinski definition) is 1. The van der Waals surface area contributed by atoms with Gasteiger partial charge in [-0.15, -0.1) is 0 Å². The molecule has 0 bridgehead atoms. The average Bonchev–Trinajstić information content (AvgIpc) is 3.44. The summed E-state index contributed by atoms with van der Waals surface area (Å²) in [5.41, 5.74) is 0. The third kappa shape index (κ3) is 9.80. The molecule has 1 nitrogen and oxygen atoms in total. The molecular weight excluding hydrogens is 423 g/mol. The molecule has 1 aliphatic heterocycles. The van der Waals surface area contributed by atoms with E-state index in [1.54, 1.807) is 13.3 Å². The van der Waals surface area contributed by atoms with Crippen LogP contribution in [-0.2, 0) is 4.74 Å². The van der Waals surface area contributed by atoms with Crippen LogP contribution < -0.4 is 0 Å². The molecule has 2 heteroatoms. The Balaban J connectivity index is 2.34. The van der Waals surface area contributed by atoms with Crippen molar-refractivity contribution in [2.24, 2.45) is 0 Å². The van der Waals surface area contributed by atoms with Crippen molar-refractivity contribution in [3.8, 4) is 0 Å². The molecule has 2 atom stereocenters. The van der Waals surface area contributed by atoms with Crippen LogP contribution in [0.25, 0.3) is 0 Å². The summed E-state index contributed by atoms with van der Waals surface area (Å²) >= 11 is -2.07. The monoisotopic (exact) mass is 474 g/mol. The second kappa shape index (κ2) is 15.7. The van der Waals surface area contributed by atoms with Crippen molar-refractivity contribution in [3.63, 3.8) is 0 Å². The Bertz CT molecular complexity index is 296. The van der Waals surface area contributed by atoms with Gasteiger partial charge in [-0.1, -0.05) is 0 Å². The molecule has 0 unspecified atom stereocenters. The topological polar surface area (TPSA) is 12.5 Å². The molecule has 0 spiro atoms. The van der Waals surface area contributed by atoms with Gasteiger partial charge in [-0.05, 0) is 0 Å². The summed E-state index contributed by atoms with van der Waals surface area (Å²) in [7, 11) is 0. The van der Waals surface area contributed by atoms with Gasteiger partial charge in [0.1, 0.15) is 0 Å². The van der Waals surface area contributed by atoms with E-state index in [0.717, 1.165) is 4.12 Å². The van der Waals surface area contributed by atoms with Crippen LogP contribution in [-0.4, -0.2) is 28.6 Å². The van der Waals surface area contributed by atoms with Crippen LogP contribution in [0.4, 0.5) is 0 Å². The zero-order valence-electron chi connectivity index (χ0n) is 18.8. The van der Waals surface area contributed by atoms with Crippen molar-refractivity contribution >= 4 is 18.4 Å². The van der Waals surface area contributed by atoms with E-state index in [4.69, 9.17) is 4.74 Å². The molecule has 1 heterocycles. The summed E-state index contributed by atoms with van der Waals surface area (Å²) in [6.45, 7) is 9.44. The number of unbranched alkanes of at least 4 members (excludes halogenated alkanes) is 10. The normalized spacial score (nSPS) is 19.8. The average molecular weight is 473 g/mol. The van der Waals surface area contributed by atoms with Gasteiger partial charge in [0.25, 0.3) is 0 Å². The first-order valence-corrected chi connectivity index (χ1v) is 20.1. The van der Waals surface area contributed by atoms with E-state index < -0.39 is 18.4 Å². The minimum absolute atomic E-state index is 0.691. The van der Waals surface area contributed by atoms with Gasteiger partial charge in [0.15, 0.2) is 0 Å². The van der Waals surface area contributed by atoms with Gasteiger partial charge in [-0.2, -0.15) is 0 Å². The summed E-state index contributed by atoms with van der Waals surface area (Å²) in [6, 6.07) is 0. The van der Waals surface area contributed by atoms with Gasteiger partial charge in [-0.3, -0.25) is 0 Å². The molecule has 0 saturated carbocycles. The summed E-state index contributed by atoms with van der Waals surface area (Å²) in [4.78, 5) is 0. The standard InChI is InChI=1S/C12H23O.3C4H9.Sn/c1-2-3-4-5-6-7-8-9-10-12-11-13-12;3*1-3-4-2;/h11-12H,2-10H2,1H3;3*1,3-4H2,2H3;/t12-;;;;/m1..../s1. The molecule has 0 aromatic rings. The zero-order chi connectivity index (χ0) is 19.1. The fourth-order valence-corrected chi connectivity index (χ4v) is 22.5. The van der Waals surface area contributed by atoms with E-state index in [9.17, 15) is 0 Å². The van der Waals surface area contributed by atoms with E-state index >= 15 is 0 Å². The van der Waals surface area contributed by atoms with Gasteiger partial charge in [0.2, 0.25) is 0 Å². The quantitative estimate of drug-likeness (QED) is 0.104. The van der Waals surface area contributed by atoms with Crippen LogP contribution in [0.5, 0.6) is 0 Å². The van der Waals surface area contributed by atoms with Crippen LogP contribution >= 0.6 is 0 Å². The van der Waals surface area contributed by atoms with E-state index in [0.29, 0.717) is 6.10 Å². The first kappa shape index (κ1) is 24.8. The fourth-order valence-electron chi connectivity index (χ4n) is 4.77. The molecule has 1 saturated heterocycles. The Hall–Kier alpha value is 0.759. The van der Waals surface area contributed by atoms with Crippen LogP contribution in [0.3, 0.4) is 0 Å². The summed E-state index contributed by atoms with van der Waals surface area (Å²) < 4.78 is 12.1. The summed E-state index contributed by atoms with van der Waals surface area (Å²) in [5, 5.41) is 0. The van der Waals surface area contributed by atoms with Gasteiger partial charge in [-0.25, -0.2) is 0 Å². The Morgan fingerprint density at radius 3 is 1.42 bits per heavy atom. The fraction of sp³-hybridized carbons (Fsp3) is 1.00. The number of ether oxygens (including phenoxy) is 1. The van der Waals surface area contributed by atoms with Gasteiger partial charge in [0.05, 0.1) is 0 Å². The third-order valence-corrected chi connectivity index (χ3v) is 23.1. The molecule has 1 aliphatic rings. The number of epoxide rings is 1. The van der Waals surface area contributed by atoms with E-state index in [1.165, 1.54) is 96.3 Å². The molecule has 0 amide bonds. The molecule has 1 fully saturated rings. The first-order valence-electron chi connectivity index (χ1n) is 12.4. The third-order valence-electron chi connectivity index (χ3n) is 6.61. The maximum absolute atomic E-state index is 6.43. The van der Waals surface area contributed by atoms with Crippen molar-refractivity contribution in [2.75, 3.05) is 0 Å². The predicted octanol–water partition coefficient (Wildman–Crippen LogP) is 8.67. The van der Waals surface area contributed by atoms with Crippen LogP contribution in [0.1, 0.15) is 124 Å². The number of rotatable bonds is 19. The predicted molar refractivity (Wildman–Crippen MR) is 121 cm³/mol. The van der Waals surface area contributed by atoms with E-state index in [2.05, 4.69) is 27.7 Å². The Labute approximate surface area is 170 Å². The molecule has 1 rings (SSSR count). The van der Waals surface area contributed by atoms with Crippen molar-refractivity contribution in [2.45, 2.75) is 148 Å². The van der Waals surface area contributed by atoms with Crippen LogP contribution in [0.2, 0.25) is 13.3 Å². The summed E-state index contributed by atoms with van der Waals surface area (Å²) in [6.07, 6.45) is 22.1. The van der Waals surface area contributed by atoms with Gasteiger partial charge < -0.3 is 0 Å². The molecule has 0 aromatic heterocycles. The molecule has 0 radical (unpaired) electrons. The summed E-state index contributed by atoms with van der Waals surface area (Å²) in [5.74, 6) is 0. The van der Waals surface area contributed by atoms with E-state index in [-0.39, 0.29) is 0 Å². The second-order valence-corrected chi connectivity index (χ2v) is 22.7. The second-order valence-electron chi connectivity index (χ2n) is 9.03. The zero-order valence-corrected chi connectivity index (χ0v) is 21.6. The van der Waals surface area contributed by atoms with Crippen molar-refractivity contribution < 1.29 is 4.74 Å².